The number of halogens is 2. The normalized spacial score (nSPS) is 10.8. The molecule has 0 amide bonds. The molecule has 0 saturated heterocycles. The molecule has 5 heteroatoms. The Morgan fingerprint density at radius 1 is 1.35 bits per heavy atom. The molecule has 2 aromatic rings. The maximum absolute atomic E-state index is 8.97. The van der Waals surface area contributed by atoms with Crippen molar-refractivity contribution in [1.29, 1.82) is 0 Å². The van der Waals surface area contributed by atoms with Gasteiger partial charge in [0.15, 0.2) is 0 Å². The first-order valence-electron chi connectivity index (χ1n) is 5.21. The van der Waals surface area contributed by atoms with Crippen LogP contribution in [0, 0.1) is 0 Å². The van der Waals surface area contributed by atoms with Gasteiger partial charge >= 0.3 is 0 Å². The topological polar surface area (TPSA) is 38.0 Å². The van der Waals surface area contributed by atoms with Crippen LogP contribution in [-0.4, -0.2) is 21.3 Å². The molecule has 3 nitrogen and oxygen atoms in total. The van der Waals surface area contributed by atoms with E-state index in [1.165, 1.54) is 0 Å². The first-order chi connectivity index (χ1) is 8.13. The maximum atomic E-state index is 8.97. The summed E-state index contributed by atoms with van der Waals surface area (Å²) in [7, 11) is 1.94. The van der Waals surface area contributed by atoms with Crippen LogP contribution in [0.1, 0.15) is 5.82 Å². The summed E-state index contributed by atoms with van der Waals surface area (Å²) in [6.45, 7) is 0.0946. The zero-order valence-corrected chi connectivity index (χ0v) is 11.7. The molecular formula is C12H12BrClN2O. The molecule has 1 aromatic heterocycles. The third-order valence-corrected chi connectivity index (χ3v) is 3.40. The average Bonchev–Trinajstić information content (AvgIpc) is 2.57. The molecule has 1 aromatic carbocycles. The van der Waals surface area contributed by atoms with E-state index in [1.807, 2.05) is 35.9 Å². The first-order valence-corrected chi connectivity index (χ1v) is 6.38. The molecular weight excluding hydrogens is 304 g/mol. The van der Waals surface area contributed by atoms with Gasteiger partial charge in [-0.05, 0) is 28.1 Å². The summed E-state index contributed by atoms with van der Waals surface area (Å²) in [6, 6.07) is 7.60. The van der Waals surface area contributed by atoms with Gasteiger partial charge in [-0.2, -0.15) is 0 Å². The first kappa shape index (κ1) is 12.6. The van der Waals surface area contributed by atoms with E-state index in [-0.39, 0.29) is 6.61 Å². The van der Waals surface area contributed by atoms with Crippen LogP contribution < -0.4 is 0 Å². The Labute approximate surface area is 113 Å². The molecule has 2 rings (SSSR count). The van der Waals surface area contributed by atoms with Gasteiger partial charge in [-0.1, -0.05) is 23.7 Å². The molecule has 0 fully saturated rings. The van der Waals surface area contributed by atoms with Gasteiger partial charge in [0.25, 0.3) is 0 Å². The van der Waals surface area contributed by atoms with Gasteiger partial charge in [0.2, 0.25) is 0 Å². The summed E-state index contributed by atoms with van der Waals surface area (Å²) >= 11 is 9.31. The van der Waals surface area contributed by atoms with Crippen molar-refractivity contribution in [3.05, 3.63) is 39.7 Å². The second-order valence-electron chi connectivity index (χ2n) is 3.71. The van der Waals surface area contributed by atoms with E-state index in [2.05, 4.69) is 20.9 Å². The molecule has 0 aliphatic carbocycles. The maximum Gasteiger partial charge on any atom is 0.132 e. The number of hydrogen-bond acceptors (Lipinski definition) is 2. The third kappa shape index (κ3) is 2.54. The zero-order chi connectivity index (χ0) is 12.4. The fourth-order valence-electron chi connectivity index (χ4n) is 1.75. The Bertz CT molecular complexity index is 522. The summed E-state index contributed by atoms with van der Waals surface area (Å²) in [6.07, 6.45) is 0.544. The zero-order valence-electron chi connectivity index (χ0n) is 9.32. The lowest BCUT2D eigenvalue weighted by Gasteiger charge is -2.05. The summed E-state index contributed by atoms with van der Waals surface area (Å²) in [4.78, 5) is 4.39. The largest absolute Gasteiger partial charge is 0.396 e. The Hall–Kier alpha value is -0.840. The molecule has 0 unspecified atom stereocenters. The summed E-state index contributed by atoms with van der Waals surface area (Å²) in [5, 5.41) is 9.68. The molecule has 0 radical (unpaired) electrons. The SMILES string of the molecule is Cn1c(CCO)nc(Br)c1-c1ccc(Cl)cc1. The predicted octanol–water partition coefficient (Wildman–Crippen LogP) is 3.04. The van der Waals surface area contributed by atoms with Crippen LogP contribution in [-0.2, 0) is 13.5 Å². The summed E-state index contributed by atoms with van der Waals surface area (Å²) < 4.78 is 2.76. The van der Waals surface area contributed by atoms with Crippen LogP contribution in [0.3, 0.4) is 0 Å². The second kappa shape index (κ2) is 5.21. The highest BCUT2D eigenvalue weighted by Crippen LogP contribution is 2.29. The third-order valence-electron chi connectivity index (χ3n) is 2.60. The van der Waals surface area contributed by atoms with E-state index in [9.17, 15) is 0 Å². The van der Waals surface area contributed by atoms with Crippen molar-refractivity contribution in [1.82, 2.24) is 9.55 Å². The molecule has 17 heavy (non-hydrogen) atoms. The number of hydrogen-bond donors (Lipinski definition) is 1. The van der Waals surface area contributed by atoms with Crippen molar-refractivity contribution >= 4 is 27.5 Å². The highest BCUT2D eigenvalue weighted by Gasteiger charge is 2.13. The van der Waals surface area contributed by atoms with Crippen molar-refractivity contribution in [2.45, 2.75) is 6.42 Å². The van der Waals surface area contributed by atoms with Crippen LogP contribution in [0.2, 0.25) is 5.02 Å². The van der Waals surface area contributed by atoms with Gasteiger partial charge in [-0.25, -0.2) is 4.98 Å². The van der Waals surface area contributed by atoms with Gasteiger partial charge in [0, 0.05) is 24.1 Å². The number of aliphatic hydroxyl groups is 1. The predicted molar refractivity (Wildman–Crippen MR) is 72.1 cm³/mol. The van der Waals surface area contributed by atoms with Crippen molar-refractivity contribution in [2.75, 3.05) is 6.61 Å². The van der Waals surface area contributed by atoms with Gasteiger partial charge in [0.1, 0.15) is 10.4 Å². The average molecular weight is 316 g/mol. The number of rotatable bonds is 3. The number of imidazole rings is 1. The van der Waals surface area contributed by atoms with Crippen LogP contribution in [0.4, 0.5) is 0 Å². The van der Waals surface area contributed by atoms with E-state index in [0.29, 0.717) is 11.4 Å². The Morgan fingerprint density at radius 3 is 2.59 bits per heavy atom. The lowest BCUT2D eigenvalue weighted by atomic mass is 10.2. The molecule has 90 valence electrons. The van der Waals surface area contributed by atoms with Gasteiger partial charge in [-0.15, -0.1) is 0 Å². The van der Waals surface area contributed by atoms with E-state index in [4.69, 9.17) is 16.7 Å². The molecule has 0 spiro atoms. The van der Waals surface area contributed by atoms with Crippen molar-refractivity contribution in [3.63, 3.8) is 0 Å². The molecule has 0 bridgehead atoms. The number of aliphatic hydroxyl groups excluding tert-OH is 1. The number of nitrogens with zero attached hydrogens (tertiary/aromatic N) is 2. The highest BCUT2D eigenvalue weighted by atomic mass is 79.9. The van der Waals surface area contributed by atoms with E-state index in [0.717, 1.165) is 21.7 Å². The van der Waals surface area contributed by atoms with Gasteiger partial charge in [0.05, 0.1) is 12.3 Å². The molecule has 0 aliphatic heterocycles. The number of benzene rings is 1. The summed E-state index contributed by atoms with van der Waals surface area (Å²) in [5.41, 5.74) is 2.03. The fourth-order valence-corrected chi connectivity index (χ4v) is 2.58. The molecule has 0 aliphatic rings. The Morgan fingerprint density at radius 2 is 2.00 bits per heavy atom. The Kier molecular flexibility index (Phi) is 3.86. The summed E-state index contributed by atoms with van der Waals surface area (Å²) in [5.74, 6) is 0.851. The van der Waals surface area contributed by atoms with Gasteiger partial charge < -0.3 is 9.67 Å². The van der Waals surface area contributed by atoms with Crippen molar-refractivity contribution < 1.29 is 5.11 Å². The van der Waals surface area contributed by atoms with Crippen molar-refractivity contribution in [3.8, 4) is 11.3 Å². The van der Waals surface area contributed by atoms with E-state index >= 15 is 0 Å². The smallest absolute Gasteiger partial charge is 0.132 e. The van der Waals surface area contributed by atoms with E-state index < -0.39 is 0 Å². The highest BCUT2D eigenvalue weighted by molar-refractivity contribution is 9.10. The molecule has 0 saturated carbocycles. The molecule has 0 atom stereocenters. The lowest BCUT2D eigenvalue weighted by Crippen LogP contribution is -2.02. The minimum atomic E-state index is 0.0946. The number of aromatic nitrogens is 2. The van der Waals surface area contributed by atoms with Gasteiger partial charge in [-0.3, -0.25) is 0 Å². The van der Waals surface area contributed by atoms with Crippen LogP contribution in [0.15, 0.2) is 28.9 Å². The van der Waals surface area contributed by atoms with Crippen molar-refractivity contribution in [2.24, 2.45) is 7.05 Å². The minimum Gasteiger partial charge on any atom is -0.396 e. The minimum absolute atomic E-state index is 0.0946. The van der Waals surface area contributed by atoms with Crippen LogP contribution >= 0.6 is 27.5 Å². The standard InChI is InChI=1S/C12H12BrClN2O/c1-16-10(6-7-17)15-12(13)11(16)8-2-4-9(14)5-3-8/h2-5,17H,6-7H2,1H3. The molecule has 1 N–H and O–H groups in total. The lowest BCUT2D eigenvalue weighted by molar-refractivity contribution is 0.295. The van der Waals surface area contributed by atoms with Crippen LogP contribution in [0.5, 0.6) is 0 Å². The Balaban J connectivity index is 2.48. The van der Waals surface area contributed by atoms with E-state index in [1.54, 1.807) is 0 Å². The quantitative estimate of drug-likeness (QED) is 0.945. The fraction of sp³-hybridized carbons (Fsp3) is 0.250. The monoisotopic (exact) mass is 314 g/mol. The second-order valence-corrected chi connectivity index (χ2v) is 4.89. The van der Waals surface area contributed by atoms with Crippen LogP contribution in [0.25, 0.3) is 11.3 Å². The molecule has 1 heterocycles.